The highest BCUT2D eigenvalue weighted by atomic mass is 16.5. The molecular formula is C21H28N2O6. The maximum Gasteiger partial charge on any atom is 0.338 e. The summed E-state index contributed by atoms with van der Waals surface area (Å²) < 4.78 is 21.1. The van der Waals surface area contributed by atoms with E-state index in [0.29, 0.717) is 29.7 Å². The van der Waals surface area contributed by atoms with Crippen LogP contribution in [-0.2, 0) is 14.9 Å². The zero-order valence-electron chi connectivity index (χ0n) is 17.7. The third-order valence-corrected chi connectivity index (χ3v) is 3.85. The van der Waals surface area contributed by atoms with Crippen LogP contribution < -0.4 is 14.8 Å². The second kappa shape index (κ2) is 9.45. The van der Waals surface area contributed by atoms with Crippen LogP contribution in [0.3, 0.4) is 0 Å². The van der Waals surface area contributed by atoms with Gasteiger partial charge in [0.05, 0.1) is 25.0 Å². The van der Waals surface area contributed by atoms with Crippen LogP contribution in [0, 0.1) is 5.92 Å². The van der Waals surface area contributed by atoms with Gasteiger partial charge in [0, 0.05) is 11.5 Å². The SMILES string of the molecule is COc1cc(C(=O)OCC(=O)Nc2cc(C(C)(C)C)no2)ccc1OCC(C)C. The van der Waals surface area contributed by atoms with E-state index in [1.165, 1.54) is 13.2 Å². The number of carbonyl (C=O) groups is 2. The lowest BCUT2D eigenvalue weighted by molar-refractivity contribution is -0.119. The Morgan fingerprint density at radius 1 is 1.17 bits per heavy atom. The molecule has 0 unspecified atom stereocenters. The molecule has 2 aromatic rings. The van der Waals surface area contributed by atoms with Crippen LogP contribution in [0.4, 0.5) is 5.88 Å². The van der Waals surface area contributed by atoms with Crippen LogP contribution in [0.25, 0.3) is 0 Å². The van der Waals surface area contributed by atoms with Crippen LogP contribution in [0.5, 0.6) is 11.5 Å². The number of nitrogens with one attached hydrogen (secondary N) is 1. The van der Waals surface area contributed by atoms with Crippen LogP contribution in [0.1, 0.15) is 50.7 Å². The highest BCUT2D eigenvalue weighted by Crippen LogP contribution is 2.29. The lowest BCUT2D eigenvalue weighted by Crippen LogP contribution is -2.20. The van der Waals surface area contributed by atoms with Crippen LogP contribution in [-0.4, -0.2) is 37.4 Å². The number of ether oxygens (including phenoxy) is 3. The van der Waals surface area contributed by atoms with Crippen molar-refractivity contribution in [1.82, 2.24) is 5.16 Å². The maximum atomic E-state index is 12.2. The monoisotopic (exact) mass is 404 g/mol. The van der Waals surface area contributed by atoms with Crippen molar-refractivity contribution in [1.29, 1.82) is 0 Å². The predicted molar refractivity (Wildman–Crippen MR) is 107 cm³/mol. The molecule has 0 bridgehead atoms. The smallest absolute Gasteiger partial charge is 0.338 e. The molecule has 0 fully saturated rings. The van der Waals surface area contributed by atoms with Gasteiger partial charge >= 0.3 is 5.97 Å². The standard InChI is InChI=1S/C21H28N2O6/c1-13(2)11-27-15-8-7-14(9-16(15)26-6)20(25)28-12-18(24)22-19-10-17(23-29-19)21(3,4)5/h7-10,13H,11-12H2,1-6H3,(H,22,24). The molecule has 1 heterocycles. The number of hydrogen-bond donors (Lipinski definition) is 1. The second-order valence-electron chi connectivity index (χ2n) is 8.02. The van der Waals surface area contributed by atoms with E-state index in [4.69, 9.17) is 18.7 Å². The lowest BCUT2D eigenvalue weighted by atomic mass is 9.92. The molecule has 158 valence electrons. The van der Waals surface area contributed by atoms with E-state index in [0.717, 1.165) is 0 Å². The molecule has 1 N–H and O–H groups in total. The summed E-state index contributed by atoms with van der Waals surface area (Å²) >= 11 is 0. The van der Waals surface area contributed by atoms with Crippen LogP contribution >= 0.6 is 0 Å². The zero-order chi connectivity index (χ0) is 21.6. The highest BCUT2D eigenvalue weighted by molar-refractivity contribution is 5.95. The molecule has 1 aromatic heterocycles. The molecular weight excluding hydrogens is 376 g/mol. The predicted octanol–water partition coefficient (Wildman–Crippen LogP) is 3.81. The topological polar surface area (TPSA) is 99.9 Å². The molecule has 1 aromatic carbocycles. The molecule has 0 atom stereocenters. The molecule has 1 amide bonds. The maximum absolute atomic E-state index is 12.2. The fraction of sp³-hybridized carbons (Fsp3) is 0.476. The van der Waals surface area contributed by atoms with Gasteiger partial charge in [0.25, 0.3) is 5.91 Å². The molecule has 0 saturated heterocycles. The van der Waals surface area contributed by atoms with E-state index in [1.54, 1.807) is 18.2 Å². The fourth-order valence-electron chi connectivity index (χ4n) is 2.25. The highest BCUT2D eigenvalue weighted by Gasteiger charge is 2.20. The van der Waals surface area contributed by atoms with Gasteiger partial charge in [0.2, 0.25) is 5.88 Å². The third kappa shape index (κ3) is 6.51. The van der Waals surface area contributed by atoms with Gasteiger partial charge in [-0.05, 0) is 24.1 Å². The zero-order valence-corrected chi connectivity index (χ0v) is 17.7. The first-order valence-corrected chi connectivity index (χ1v) is 9.35. The van der Waals surface area contributed by atoms with Crippen molar-refractivity contribution in [2.75, 3.05) is 25.6 Å². The van der Waals surface area contributed by atoms with Gasteiger partial charge in [-0.2, -0.15) is 0 Å². The lowest BCUT2D eigenvalue weighted by Gasteiger charge is -2.13. The molecule has 0 aliphatic heterocycles. The number of esters is 1. The van der Waals surface area contributed by atoms with Gasteiger partial charge in [-0.15, -0.1) is 0 Å². The Hall–Kier alpha value is -3.03. The minimum Gasteiger partial charge on any atom is -0.493 e. The van der Waals surface area contributed by atoms with Gasteiger partial charge in [-0.1, -0.05) is 39.8 Å². The number of benzene rings is 1. The third-order valence-electron chi connectivity index (χ3n) is 3.85. The van der Waals surface area contributed by atoms with Gasteiger partial charge in [0.15, 0.2) is 18.1 Å². The summed E-state index contributed by atoms with van der Waals surface area (Å²) in [5.41, 5.74) is 0.751. The fourth-order valence-corrected chi connectivity index (χ4v) is 2.25. The Morgan fingerprint density at radius 3 is 2.48 bits per heavy atom. The number of aromatic nitrogens is 1. The first kappa shape index (κ1) is 22.3. The van der Waals surface area contributed by atoms with E-state index < -0.39 is 18.5 Å². The first-order chi connectivity index (χ1) is 13.6. The number of nitrogens with zero attached hydrogens (tertiary/aromatic N) is 1. The van der Waals surface area contributed by atoms with E-state index >= 15 is 0 Å². The summed E-state index contributed by atoms with van der Waals surface area (Å²) in [7, 11) is 1.49. The molecule has 0 spiro atoms. The summed E-state index contributed by atoms with van der Waals surface area (Å²) in [6.45, 7) is 10.1. The Labute approximate surface area is 170 Å². The van der Waals surface area contributed by atoms with Gasteiger partial charge in [-0.25, -0.2) is 4.79 Å². The van der Waals surface area contributed by atoms with E-state index in [9.17, 15) is 9.59 Å². The Morgan fingerprint density at radius 2 is 1.90 bits per heavy atom. The van der Waals surface area contributed by atoms with Gasteiger partial charge < -0.3 is 18.7 Å². The van der Waals surface area contributed by atoms with Crippen LogP contribution in [0.2, 0.25) is 0 Å². The molecule has 0 saturated carbocycles. The Kier molecular flexibility index (Phi) is 7.25. The largest absolute Gasteiger partial charge is 0.493 e. The number of amides is 1. The van der Waals surface area contributed by atoms with E-state index in [-0.39, 0.29) is 16.9 Å². The number of rotatable bonds is 8. The summed E-state index contributed by atoms with van der Waals surface area (Å²) in [5, 5.41) is 6.42. The molecule has 0 aliphatic rings. The van der Waals surface area contributed by atoms with Crippen LogP contribution in [0.15, 0.2) is 28.8 Å². The van der Waals surface area contributed by atoms with Crippen molar-refractivity contribution in [3.05, 3.63) is 35.5 Å². The van der Waals surface area contributed by atoms with Crippen molar-refractivity contribution >= 4 is 17.8 Å². The van der Waals surface area contributed by atoms with Crippen molar-refractivity contribution in [3.8, 4) is 11.5 Å². The minimum atomic E-state index is -0.651. The number of anilines is 1. The summed E-state index contributed by atoms with van der Waals surface area (Å²) in [6.07, 6.45) is 0. The summed E-state index contributed by atoms with van der Waals surface area (Å²) in [5.74, 6) is 0.327. The van der Waals surface area contributed by atoms with E-state index in [1.807, 2.05) is 34.6 Å². The molecule has 0 aliphatic carbocycles. The molecule has 8 nitrogen and oxygen atoms in total. The van der Waals surface area contributed by atoms with Crippen molar-refractivity contribution < 1.29 is 28.3 Å². The quantitative estimate of drug-likeness (QED) is 0.668. The molecule has 2 rings (SSSR count). The summed E-state index contributed by atoms with van der Waals surface area (Å²) in [6, 6.07) is 6.35. The molecule has 8 heteroatoms. The summed E-state index contributed by atoms with van der Waals surface area (Å²) in [4.78, 5) is 24.3. The average Bonchev–Trinajstić information content (AvgIpc) is 3.13. The van der Waals surface area contributed by atoms with E-state index in [2.05, 4.69) is 10.5 Å². The molecule has 0 radical (unpaired) electrons. The van der Waals surface area contributed by atoms with Gasteiger partial charge in [0.1, 0.15) is 0 Å². The van der Waals surface area contributed by atoms with Crippen molar-refractivity contribution in [2.45, 2.75) is 40.0 Å². The minimum absolute atomic E-state index is 0.198. The van der Waals surface area contributed by atoms with Gasteiger partial charge in [-0.3, -0.25) is 10.1 Å². The second-order valence-corrected chi connectivity index (χ2v) is 8.02. The first-order valence-electron chi connectivity index (χ1n) is 9.35. The van der Waals surface area contributed by atoms with Crippen molar-refractivity contribution in [2.24, 2.45) is 5.92 Å². The Balaban J connectivity index is 1.92. The average molecular weight is 404 g/mol. The molecule has 29 heavy (non-hydrogen) atoms. The Bertz CT molecular complexity index is 851. The number of carbonyl (C=O) groups excluding carboxylic acids is 2. The number of hydrogen-bond acceptors (Lipinski definition) is 7. The van der Waals surface area contributed by atoms with Crippen molar-refractivity contribution in [3.63, 3.8) is 0 Å². The normalized spacial score (nSPS) is 11.3. The number of methoxy groups -OCH3 is 1.